The molecule has 156 valence electrons. The summed E-state index contributed by atoms with van der Waals surface area (Å²) in [5.41, 5.74) is 1.85. The molecule has 30 heavy (non-hydrogen) atoms. The summed E-state index contributed by atoms with van der Waals surface area (Å²) in [7, 11) is -2.45. The lowest BCUT2D eigenvalue weighted by atomic mass is 9.89. The van der Waals surface area contributed by atoms with Gasteiger partial charge in [0, 0.05) is 16.0 Å². The van der Waals surface area contributed by atoms with Crippen LogP contribution in [0.1, 0.15) is 23.1 Å². The van der Waals surface area contributed by atoms with Gasteiger partial charge in [0.1, 0.15) is 0 Å². The van der Waals surface area contributed by atoms with E-state index in [4.69, 9.17) is 28.0 Å². The van der Waals surface area contributed by atoms with Gasteiger partial charge in [0.25, 0.3) is 10.0 Å². The van der Waals surface area contributed by atoms with Gasteiger partial charge in [0.05, 0.1) is 24.6 Å². The molecule has 1 fully saturated rings. The lowest BCUT2D eigenvalue weighted by Crippen LogP contribution is -2.41. The van der Waals surface area contributed by atoms with Crippen LogP contribution in [0.5, 0.6) is 0 Å². The van der Waals surface area contributed by atoms with E-state index in [-0.39, 0.29) is 10.8 Å². The van der Waals surface area contributed by atoms with Crippen LogP contribution in [0.4, 0.5) is 0 Å². The minimum atomic E-state index is -3.92. The highest BCUT2D eigenvalue weighted by molar-refractivity contribution is 7.89. The standard InChI is InChI=1S/C22H20Cl2N2O3S/c1-29-25-15-21(16-5-3-2-4-6-16)22(17-7-9-18(23)10-8-17)26(25)30(27,28)20-13-11-19(24)12-14-20/h2-14,21-22H,15H2,1H3/t21-,22?/m1/s1. The van der Waals surface area contributed by atoms with Crippen molar-refractivity contribution in [3.63, 3.8) is 0 Å². The zero-order chi connectivity index (χ0) is 21.3. The molecule has 0 bridgehead atoms. The van der Waals surface area contributed by atoms with E-state index in [1.54, 1.807) is 24.3 Å². The van der Waals surface area contributed by atoms with Crippen molar-refractivity contribution in [1.29, 1.82) is 0 Å². The second kappa shape index (κ2) is 8.67. The van der Waals surface area contributed by atoms with E-state index in [0.29, 0.717) is 16.6 Å². The van der Waals surface area contributed by atoms with Crippen LogP contribution >= 0.6 is 23.2 Å². The number of halogens is 2. The highest BCUT2D eigenvalue weighted by Gasteiger charge is 2.48. The molecule has 0 aromatic heterocycles. The van der Waals surface area contributed by atoms with E-state index in [1.807, 2.05) is 42.5 Å². The van der Waals surface area contributed by atoms with Gasteiger partial charge in [-0.15, -0.1) is 5.17 Å². The molecular formula is C22H20Cl2N2O3S. The predicted molar refractivity (Wildman–Crippen MR) is 118 cm³/mol. The summed E-state index contributed by atoms with van der Waals surface area (Å²) in [6.45, 7) is 0.376. The molecule has 1 saturated heterocycles. The summed E-state index contributed by atoms with van der Waals surface area (Å²) in [6, 6.07) is 22.7. The first-order chi connectivity index (χ1) is 14.4. The Kier molecular flexibility index (Phi) is 6.16. The average molecular weight is 463 g/mol. The van der Waals surface area contributed by atoms with Crippen molar-refractivity contribution in [2.24, 2.45) is 0 Å². The molecule has 2 atom stereocenters. The molecule has 0 spiro atoms. The number of sulfonamides is 1. The van der Waals surface area contributed by atoms with Gasteiger partial charge in [0.2, 0.25) is 0 Å². The number of nitrogens with zero attached hydrogens (tertiary/aromatic N) is 2. The topological polar surface area (TPSA) is 49.9 Å². The van der Waals surface area contributed by atoms with Crippen molar-refractivity contribution < 1.29 is 13.3 Å². The summed E-state index contributed by atoms with van der Waals surface area (Å²) in [5, 5.41) is 2.46. The van der Waals surface area contributed by atoms with Gasteiger partial charge in [-0.05, 0) is 47.5 Å². The first-order valence-corrected chi connectivity index (χ1v) is 11.5. The van der Waals surface area contributed by atoms with Crippen LogP contribution in [0, 0.1) is 0 Å². The Morgan fingerprint density at radius 1 is 0.833 bits per heavy atom. The molecule has 0 aliphatic carbocycles. The van der Waals surface area contributed by atoms with E-state index in [0.717, 1.165) is 11.1 Å². The van der Waals surface area contributed by atoms with E-state index in [9.17, 15) is 8.42 Å². The number of hydroxylamine groups is 1. The summed E-state index contributed by atoms with van der Waals surface area (Å²) in [4.78, 5) is 5.65. The van der Waals surface area contributed by atoms with E-state index in [1.165, 1.54) is 28.8 Å². The summed E-state index contributed by atoms with van der Waals surface area (Å²) >= 11 is 12.0. The number of benzene rings is 3. The SMILES string of the molecule is CON1C[C@H](c2ccccc2)C(c2ccc(Cl)cc2)N1S(=O)(=O)c1ccc(Cl)cc1. The van der Waals surface area contributed by atoms with Crippen molar-refractivity contribution in [2.45, 2.75) is 16.9 Å². The third-order valence-electron chi connectivity index (χ3n) is 5.20. The van der Waals surface area contributed by atoms with Crippen LogP contribution in [-0.4, -0.2) is 31.7 Å². The number of rotatable bonds is 5. The number of hydrogen-bond acceptors (Lipinski definition) is 4. The maximum absolute atomic E-state index is 13.7. The second-order valence-corrected chi connectivity index (χ2v) is 9.63. The van der Waals surface area contributed by atoms with Crippen LogP contribution in [0.3, 0.4) is 0 Å². The van der Waals surface area contributed by atoms with Crippen LogP contribution in [0.2, 0.25) is 10.0 Å². The Bertz CT molecular complexity index is 1110. The smallest absolute Gasteiger partial charge is 0.258 e. The number of hydrogen-bond donors (Lipinski definition) is 0. The average Bonchev–Trinajstić information content (AvgIpc) is 3.16. The molecular weight excluding hydrogens is 443 g/mol. The predicted octanol–water partition coefficient (Wildman–Crippen LogP) is 5.30. The molecule has 0 amide bonds. The minimum Gasteiger partial charge on any atom is -0.286 e. The zero-order valence-corrected chi connectivity index (χ0v) is 18.5. The van der Waals surface area contributed by atoms with Crippen molar-refractivity contribution >= 4 is 33.2 Å². The first kappa shape index (κ1) is 21.3. The highest BCUT2D eigenvalue weighted by Crippen LogP contribution is 2.46. The fourth-order valence-electron chi connectivity index (χ4n) is 3.79. The zero-order valence-electron chi connectivity index (χ0n) is 16.2. The molecule has 0 radical (unpaired) electrons. The maximum atomic E-state index is 13.7. The monoisotopic (exact) mass is 462 g/mol. The molecule has 3 aromatic carbocycles. The molecule has 4 rings (SSSR count). The van der Waals surface area contributed by atoms with Crippen LogP contribution < -0.4 is 0 Å². The summed E-state index contributed by atoms with van der Waals surface area (Å²) in [5.74, 6) is -0.144. The normalized spacial score (nSPS) is 20.5. The third-order valence-corrected chi connectivity index (χ3v) is 7.47. The van der Waals surface area contributed by atoms with Crippen molar-refractivity contribution in [2.75, 3.05) is 13.7 Å². The Balaban J connectivity index is 1.87. The molecule has 1 aliphatic rings. The van der Waals surface area contributed by atoms with Crippen molar-refractivity contribution in [3.05, 3.63) is 100 Å². The van der Waals surface area contributed by atoms with Crippen LogP contribution in [0.25, 0.3) is 0 Å². The van der Waals surface area contributed by atoms with E-state index >= 15 is 0 Å². The Morgan fingerprint density at radius 3 is 1.97 bits per heavy atom. The lowest BCUT2D eigenvalue weighted by Gasteiger charge is -2.30. The van der Waals surface area contributed by atoms with Crippen LogP contribution in [0.15, 0.2) is 83.8 Å². The van der Waals surface area contributed by atoms with Gasteiger partial charge in [-0.3, -0.25) is 4.84 Å². The van der Waals surface area contributed by atoms with E-state index < -0.39 is 16.1 Å². The molecule has 5 nitrogen and oxygen atoms in total. The van der Waals surface area contributed by atoms with Crippen LogP contribution in [-0.2, 0) is 14.9 Å². The molecule has 0 N–H and O–H groups in total. The van der Waals surface area contributed by atoms with Gasteiger partial charge >= 0.3 is 0 Å². The Morgan fingerprint density at radius 2 is 1.40 bits per heavy atom. The van der Waals surface area contributed by atoms with Gasteiger partial charge < -0.3 is 0 Å². The van der Waals surface area contributed by atoms with Gasteiger partial charge in [-0.1, -0.05) is 70.1 Å². The Hall–Kier alpha value is -1.93. The fraction of sp³-hybridized carbons (Fsp3) is 0.182. The molecule has 1 heterocycles. The lowest BCUT2D eigenvalue weighted by molar-refractivity contribution is -0.212. The van der Waals surface area contributed by atoms with Crippen molar-refractivity contribution in [1.82, 2.24) is 9.59 Å². The second-order valence-electron chi connectivity index (χ2n) is 6.96. The van der Waals surface area contributed by atoms with Gasteiger partial charge in [-0.25, -0.2) is 8.42 Å². The van der Waals surface area contributed by atoms with Crippen molar-refractivity contribution in [3.8, 4) is 0 Å². The summed E-state index contributed by atoms with van der Waals surface area (Å²) in [6.07, 6.45) is 0. The fourth-order valence-corrected chi connectivity index (χ4v) is 5.68. The van der Waals surface area contributed by atoms with Gasteiger partial charge in [-0.2, -0.15) is 0 Å². The molecule has 1 aliphatic heterocycles. The Labute approximate surface area is 186 Å². The molecule has 1 unspecified atom stereocenters. The minimum absolute atomic E-state index is 0.140. The number of hydrazine groups is 1. The first-order valence-electron chi connectivity index (χ1n) is 9.34. The van der Waals surface area contributed by atoms with Gasteiger partial charge in [0.15, 0.2) is 0 Å². The third kappa shape index (κ3) is 3.99. The molecule has 0 saturated carbocycles. The van der Waals surface area contributed by atoms with E-state index in [2.05, 4.69) is 0 Å². The molecule has 8 heteroatoms. The summed E-state index contributed by atoms with van der Waals surface area (Å²) < 4.78 is 28.7. The largest absolute Gasteiger partial charge is 0.286 e. The molecule has 3 aromatic rings. The maximum Gasteiger partial charge on any atom is 0.258 e. The highest BCUT2D eigenvalue weighted by atomic mass is 35.5. The quantitative estimate of drug-likeness (QED) is 0.515.